The molecule has 1 aromatic carbocycles. The Kier molecular flexibility index (Phi) is 9.12. The molecule has 0 saturated heterocycles. The van der Waals surface area contributed by atoms with Gasteiger partial charge in [0.2, 0.25) is 5.91 Å². The van der Waals surface area contributed by atoms with Crippen molar-refractivity contribution in [3.63, 3.8) is 0 Å². The molecule has 0 radical (unpaired) electrons. The van der Waals surface area contributed by atoms with Crippen LogP contribution in [0, 0.1) is 5.92 Å². The van der Waals surface area contributed by atoms with Crippen molar-refractivity contribution >= 4 is 28.9 Å². The number of nitrogens with zero attached hydrogens (tertiary/aromatic N) is 6. The number of hydrogen-bond donors (Lipinski definition) is 3. The minimum absolute atomic E-state index is 0.0304. The van der Waals surface area contributed by atoms with Crippen molar-refractivity contribution in [2.45, 2.75) is 45.0 Å². The third-order valence-electron chi connectivity index (χ3n) is 7.51. The van der Waals surface area contributed by atoms with Crippen LogP contribution in [0.25, 0.3) is 22.5 Å². The number of anilines is 2. The lowest BCUT2D eigenvalue weighted by molar-refractivity contribution is -0.119. The molecule has 0 saturated carbocycles. The average Bonchev–Trinajstić information content (AvgIpc) is 3.42. The Bertz CT molecular complexity index is 1860. The van der Waals surface area contributed by atoms with Gasteiger partial charge in [-0.2, -0.15) is 27.1 Å². The number of alkyl halides is 5. The number of nitrogens with one attached hydrogen (secondary N) is 1. The van der Waals surface area contributed by atoms with Gasteiger partial charge in [-0.3, -0.25) is 24.1 Å². The highest BCUT2D eigenvalue weighted by Crippen LogP contribution is 2.36. The normalized spacial score (nSPS) is 17.6. The number of carbonyl (C=O) groups excluding carboxylic acids is 1. The number of carbonyl (C=O) groups is 1. The van der Waals surface area contributed by atoms with Crippen LogP contribution in [0.2, 0.25) is 5.02 Å². The molecule has 11 nitrogen and oxygen atoms in total. The molecule has 5 N–H and O–H groups in total. The van der Waals surface area contributed by atoms with Crippen molar-refractivity contribution in [1.29, 1.82) is 0 Å². The number of rotatable bonds is 5. The summed E-state index contributed by atoms with van der Waals surface area (Å²) in [6.07, 6.45) is 2.19. The summed E-state index contributed by atoms with van der Waals surface area (Å²) in [6.45, 7) is -1.30. The molecule has 2 unspecified atom stereocenters. The zero-order chi connectivity index (χ0) is 33.3. The Morgan fingerprint density at radius 3 is 2.61 bits per heavy atom. The number of fused-ring (bicyclic) bond motifs is 4. The summed E-state index contributed by atoms with van der Waals surface area (Å²) in [5.41, 5.74) is 4.16. The number of benzene rings is 1. The topological polar surface area (TPSA) is 150 Å². The van der Waals surface area contributed by atoms with Crippen LogP contribution in [0.4, 0.5) is 33.3 Å². The number of nitrogens with two attached hydrogens (primary N) is 2. The maximum absolute atomic E-state index is 13.9. The summed E-state index contributed by atoms with van der Waals surface area (Å²) in [5, 5.41) is 7.30. The highest BCUT2D eigenvalue weighted by atomic mass is 35.5. The van der Waals surface area contributed by atoms with Crippen molar-refractivity contribution in [3.05, 3.63) is 88.1 Å². The van der Waals surface area contributed by atoms with E-state index in [0.29, 0.717) is 40.7 Å². The summed E-state index contributed by atoms with van der Waals surface area (Å²) >= 11 is 6.17. The van der Waals surface area contributed by atoms with Gasteiger partial charge in [0.1, 0.15) is 5.70 Å². The molecule has 5 rings (SSSR count). The standard InChI is InChI=1S/C29H27ClF5N9O2/c1-15-3-2-4-22(16-7-17(11-38-10-16)26-21(41-27(15)46)12-40-44(26)28(31)32)42-14-39-20(9-25(42)45)19-8-18(30)5-6-23(19)43(37)13-24(36)29(33,34)35/h5-15,22,28H,2-4,36-37H2,1H3,(H,41,46)/b24-13-. The Morgan fingerprint density at radius 2 is 1.91 bits per heavy atom. The number of aromatic nitrogens is 5. The maximum atomic E-state index is 13.9. The molecule has 0 aliphatic carbocycles. The third-order valence-corrected chi connectivity index (χ3v) is 7.74. The Balaban J connectivity index is 1.59. The molecular formula is C29H27ClF5N9O2. The monoisotopic (exact) mass is 663 g/mol. The minimum atomic E-state index is -4.83. The lowest BCUT2D eigenvalue weighted by atomic mass is 9.95. The average molecular weight is 664 g/mol. The van der Waals surface area contributed by atoms with Crippen LogP contribution in [0.3, 0.4) is 0 Å². The van der Waals surface area contributed by atoms with Crippen molar-refractivity contribution in [2.75, 3.05) is 10.3 Å². The minimum Gasteiger partial charge on any atom is -0.393 e. The Morgan fingerprint density at radius 1 is 1.15 bits per heavy atom. The van der Waals surface area contributed by atoms with E-state index < -0.39 is 35.9 Å². The SMILES string of the molecule is CC1CCCC(n2cnc(-c3cc(Cl)ccc3N(N)/C=C(\N)C(F)(F)F)cc2=O)c2cncc(c2)-c2c(cnn2C(F)F)NC1=O. The first-order valence-corrected chi connectivity index (χ1v) is 14.2. The van der Waals surface area contributed by atoms with Gasteiger partial charge in [0.05, 0.1) is 41.3 Å². The first-order chi connectivity index (χ1) is 21.7. The molecule has 4 aromatic rings. The fourth-order valence-electron chi connectivity index (χ4n) is 5.15. The van der Waals surface area contributed by atoms with Gasteiger partial charge in [0.15, 0.2) is 0 Å². The van der Waals surface area contributed by atoms with Gasteiger partial charge in [-0.25, -0.2) is 15.5 Å². The molecule has 3 aromatic heterocycles. The van der Waals surface area contributed by atoms with Crippen LogP contribution >= 0.6 is 11.6 Å². The Hall–Kier alpha value is -4.83. The van der Waals surface area contributed by atoms with Crippen LogP contribution in [-0.4, -0.2) is 36.4 Å². The van der Waals surface area contributed by atoms with Crippen molar-refractivity contribution in [1.82, 2.24) is 24.3 Å². The highest BCUT2D eigenvalue weighted by Gasteiger charge is 2.32. The number of hydrogen-bond acceptors (Lipinski definition) is 8. The van der Waals surface area contributed by atoms with E-state index in [1.807, 2.05) is 0 Å². The predicted octanol–water partition coefficient (Wildman–Crippen LogP) is 5.61. The van der Waals surface area contributed by atoms with E-state index in [4.69, 9.17) is 23.2 Å². The maximum Gasteiger partial charge on any atom is 0.432 e. The summed E-state index contributed by atoms with van der Waals surface area (Å²) in [7, 11) is 0. The van der Waals surface area contributed by atoms with Gasteiger partial charge in [0.25, 0.3) is 5.56 Å². The fraction of sp³-hybridized carbons (Fsp3) is 0.276. The highest BCUT2D eigenvalue weighted by molar-refractivity contribution is 6.31. The molecule has 0 fully saturated rings. The van der Waals surface area contributed by atoms with E-state index in [1.165, 1.54) is 47.6 Å². The molecule has 1 amide bonds. The fourth-order valence-corrected chi connectivity index (χ4v) is 5.32. The van der Waals surface area contributed by atoms with Crippen molar-refractivity contribution in [2.24, 2.45) is 17.5 Å². The Labute approximate surface area is 263 Å². The number of allylic oxidation sites excluding steroid dienone is 1. The van der Waals surface area contributed by atoms with Crippen molar-refractivity contribution < 1.29 is 26.7 Å². The number of hydrazine groups is 1. The van der Waals surface area contributed by atoms with Gasteiger partial charge in [0, 0.05) is 46.7 Å². The summed E-state index contributed by atoms with van der Waals surface area (Å²) in [4.78, 5) is 35.2. The van der Waals surface area contributed by atoms with E-state index in [-0.39, 0.29) is 44.8 Å². The lowest BCUT2D eigenvalue weighted by Gasteiger charge is -2.23. The molecule has 1 aliphatic heterocycles. The van der Waals surface area contributed by atoms with E-state index in [2.05, 4.69) is 20.4 Å². The molecule has 17 heteroatoms. The molecule has 0 spiro atoms. The van der Waals surface area contributed by atoms with Gasteiger partial charge in [-0.05, 0) is 42.7 Å². The lowest BCUT2D eigenvalue weighted by Crippen LogP contribution is -2.30. The smallest absolute Gasteiger partial charge is 0.393 e. The second kappa shape index (κ2) is 12.9. The molecular weight excluding hydrogens is 637 g/mol. The summed E-state index contributed by atoms with van der Waals surface area (Å²) in [5.74, 6) is 5.03. The van der Waals surface area contributed by atoms with E-state index in [0.717, 1.165) is 6.20 Å². The van der Waals surface area contributed by atoms with Crippen LogP contribution in [0.1, 0.15) is 44.3 Å². The molecule has 4 heterocycles. The summed E-state index contributed by atoms with van der Waals surface area (Å²) in [6, 6.07) is 6.23. The summed E-state index contributed by atoms with van der Waals surface area (Å²) < 4.78 is 68.8. The van der Waals surface area contributed by atoms with E-state index in [1.54, 1.807) is 13.0 Å². The first-order valence-electron chi connectivity index (χ1n) is 13.8. The predicted molar refractivity (Wildman–Crippen MR) is 160 cm³/mol. The molecule has 46 heavy (non-hydrogen) atoms. The van der Waals surface area contributed by atoms with Crippen LogP contribution in [-0.2, 0) is 4.79 Å². The van der Waals surface area contributed by atoms with E-state index >= 15 is 0 Å². The third kappa shape index (κ3) is 6.72. The van der Waals surface area contributed by atoms with E-state index in [9.17, 15) is 31.5 Å². The second-order valence-corrected chi connectivity index (χ2v) is 11.1. The van der Waals surface area contributed by atoms with Crippen molar-refractivity contribution in [3.8, 4) is 22.5 Å². The van der Waals surface area contributed by atoms with Crippen LogP contribution < -0.4 is 27.5 Å². The van der Waals surface area contributed by atoms with Gasteiger partial charge in [-0.1, -0.05) is 24.9 Å². The van der Waals surface area contributed by atoms with Gasteiger partial charge >= 0.3 is 12.7 Å². The zero-order valence-electron chi connectivity index (χ0n) is 24.0. The zero-order valence-corrected chi connectivity index (χ0v) is 24.8. The van der Waals surface area contributed by atoms with Crippen LogP contribution in [0.15, 0.2) is 71.9 Å². The second-order valence-electron chi connectivity index (χ2n) is 10.6. The number of halogens is 6. The van der Waals surface area contributed by atoms with Crippen LogP contribution in [0.5, 0.6) is 0 Å². The largest absolute Gasteiger partial charge is 0.432 e. The molecule has 2 bridgehead atoms. The number of pyridine rings is 1. The quantitative estimate of drug-likeness (QED) is 0.142. The molecule has 2 atom stereocenters. The van der Waals surface area contributed by atoms with Gasteiger partial charge in [-0.15, -0.1) is 0 Å². The number of amides is 1. The molecule has 1 aliphatic rings. The molecule has 242 valence electrons. The van der Waals surface area contributed by atoms with Gasteiger partial charge < -0.3 is 11.1 Å². The first kappa shape index (κ1) is 32.6.